The third kappa shape index (κ3) is 5.69. The maximum absolute atomic E-state index is 12.5. The van der Waals surface area contributed by atoms with E-state index in [2.05, 4.69) is 4.74 Å². The zero-order valence-electron chi connectivity index (χ0n) is 15.4. The number of amides is 2. The van der Waals surface area contributed by atoms with Gasteiger partial charge in [-0.2, -0.15) is 8.78 Å². The van der Waals surface area contributed by atoms with Gasteiger partial charge in [0, 0.05) is 0 Å². The van der Waals surface area contributed by atoms with E-state index in [4.69, 9.17) is 9.47 Å². The van der Waals surface area contributed by atoms with E-state index in [0.717, 1.165) is 4.90 Å². The number of halogens is 2. The van der Waals surface area contributed by atoms with Gasteiger partial charge in [0.1, 0.15) is 6.54 Å². The molecule has 1 aromatic carbocycles. The second-order valence-electron chi connectivity index (χ2n) is 5.82. The largest absolute Gasteiger partial charge is 0.490 e. The number of ether oxygens (including phenoxy) is 3. The Balaban J connectivity index is 2.20. The minimum atomic E-state index is -3.01. The molecule has 28 heavy (non-hydrogen) atoms. The molecule has 0 aliphatic carbocycles. The van der Waals surface area contributed by atoms with Gasteiger partial charge in [0.25, 0.3) is 11.1 Å². The van der Waals surface area contributed by atoms with E-state index in [1.165, 1.54) is 24.3 Å². The predicted molar refractivity (Wildman–Crippen MR) is 98.1 cm³/mol. The molecule has 1 fully saturated rings. The molecule has 0 bridgehead atoms. The van der Waals surface area contributed by atoms with Crippen molar-refractivity contribution in [2.24, 2.45) is 0 Å². The Kier molecular flexibility index (Phi) is 7.38. The molecule has 1 aliphatic heterocycles. The number of nitrogens with zero attached hydrogens (tertiary/aromatic N) is 1. The van der Waals surface area contributed by atoms with Gasteiger partial charge in [0.2, 0.25) is 0 Å². The van der Waals surface area contributed by atoms with Gasteiger partial charge in [-0.1, -0.05) is 6.07 Å². The first-order valence-corrected chi connectivity index (χ1v) is 9.19. The molecule has 0 N–H and O–H groups in total. The number of benzene rings is 1. The highest BCUT2D eigenvalue weighted by atomic mass is 32.2. The molecule has 152 valence electrons. The summed E-state index contributed by atoms with van der Waals surface area (Å²) < 4.78 is 39.6. The molecule has 0 aromatic heterocycles. The van der Waals surface area contributed by atoms with E-state index < -0.39 is 30.3 Å². The summed E-state index contributed by atoms with van der Waals surface area (Å²) in [4.78, 5) is 37.1. The number of alkyl halides is 2. The van der Waals surface area contributed by atoms with Crippen molar-refractivity contribution in [1.29, 1.82) is 0 Å². The Morgan fingerprint density at radius 2 is 1.96 bits per heavy atom. The maximum atomic E-state index is 12.5. The molecule has 1 saturated heterocycles. The van der Waals surface area contributed by atoms with Gasteiger partial charge >= 0.3 is 12.6 Å². The van der Waals surface area contributed by atoms with Gasteiger partial charge in [0.05, 0.1) is 17.6 Å². The summed E-state index contributed by atoms with van der Waals surface area (Å²) >= 11 is 0.670. The van der Waals surface area contributed by atoms with Crippen molar-refractivity contribution in [3.05, 3.63) is 28.7 Å². The molecule has 0 radical (unpaired) electrons. The quantitative estimate of drug-likeness (QED) is 0.473. The summed E-state index contributed by atoms with van der Waals surface area (Å²) in [5, 5.41) is -0.598. The van der Waals surface area contributed by atoms with Crippen LogP contribution in [0.1, 0.15) is 26.3 Å². The molecule has 1 heterocycles. The van der Waals surface area contributed by atoms with Crippen LogP contribution >= 0.6 is 11.8 Å². The molecule has 0 saturated carbocycles. The zero-order chi connectivity index (χ0) is 20.8. The summed E-state index contributed by atoms with van der Waals surface area (Å²) in [6.07, 6.45) is 1.04. The van der Waals surface area contributed by atoms with Crippen molar-refractivity contribution in [2.45, 2.75) is 33.5 Å². The summed E-state index contributed by atoms with van der Waals surface area (Å²) in [7, 11) is 0. The number of rotatable bonds is 8. The van der Waals surface area contributed by atoms with Crippen LogP contribution in [0.15, 0.2) is 23.1 Å². The van der Waals surface area contributed by atoms with Crippen LogP contribution in [0.2, 0.25) is 0 Å². The number of carbonyl (C=O) groups excluding carboxylic acids is 3. The van der Waals surface area contributed by atoms with E-state index in [-0.39, 0.29) is 29.1 Å². The summed E-state index contributed by atoms with van der Waals surface area (Å²) in [6, 6.07) is 4.15. The molecule has 1 aromatic rings. The standard InChI is InChI=1S/C18H19F2NO6S/c1-4-25-13-7-11(5-6-12(13)27-17(19)20)8-14-16(23)21(18(24)28-14)9-15(22)26-10(2)3/h5-8,10,17H,4,9H2,1-3H3/b14-8-. The van der Waals surface area contributed by atoms with Gasteiger partial charge in [0.15, 0.2) is 11.5 Å². The smallest absolute Gasteiger partial charge is 0.387 e. The van der Waals surface area contributed by atoms with E-state index >= 15 is 0 Å². The van der Waals surface area contributed by atoms with E-state index in [0.29, 0.717) is 17.3 Å². The van der Waals surface area contributed by atoms with Crippen molar-refractivity contribution in [2.75, 3.05) is 13.2 Å². The molecule has 10 heteroatoms. The topological polar surface area (TPSA) is 82.1 Å². The molecular formula is C18H19F2NO6S. The highest BCUT2D eigenvalue weighted by Crippen LogP contribution is 2.35. The average Bonchev–Trinajstić information content (AvgIpc) is 2.84. The van der Waals surface area contributed by atoms with Crippen LogP contribution in [0.3, 0.4) is 0 Å². The lowest BCUT2D eigenvalue weighted by Gasteiger charge is -2.13. The molecule has 0 spiro atoms. The Hall–Kier alpha value is -2.62. The van der Waals surface area contributed by atoms with Crippen LogP contribution in [0.5, 0.6) is 11.5 Å². The van der Waals surface area contributed by atoms with Crippen LogP contribution in [0.25, 0.3) is 6.08 Å². The summed E-state index contributed by atoms with van der Waals surface area (Å²) in [5.41, 5.74) is 0.445. The van der Waals surface area contributed by atoms with Crippen LogP contribution in [-0.4, -0.2) is 47.9 Å². The van der Waals surface area contributed by atoms with Crippen molar-refractivity contribution >= 4 is 35.0 Å². The Morgan fingerprint density at radius 3 is 2.57 bits per heavy atom. The Bertz CT molecular complexity index is 796. The number of thioether (sulfide) groups is 1. The van der Waals surface area contributed by atoms with Gasteiger partial charge < -0.3 is 14.2 Å². The number of hydrogen-bond acceptors (Lipinski definition) is 7. The zero-order valence-corrected chi connectivity index (χ0v) is 16.3. The third-order valence-electron chi connectivity index (χ3n) is 3.31. The van der Waals surface area contributed by atoms with Crippen LogP contribution < -0.4 is 9.47 Å². The van der Waals surface area contributed by atoms with E-state index in [1.807, 2.05) is 0 Å². The van der Waals surface area contributed by atoms with Crippen molar-refractivity contribution < 1.29 is 37.4 Å². The van der Waals surface area contributed by atoms with Crippen molar-refractivity contribution in [3.8, 4) is 11.5 Å². The minimum Gasteiger partial charge on any atom is -0.490 e. The van der Waals surface area contributed by atoms with Crippen LogP contribution in [0, 0.1) is 0 Å². The van der Waals surface area contributed by atoms with Gasteiger partial charge in [-0.05, 0) is 56.3 Å². The lowest BCUT2D eigenvalue weighted by molar-refractivity contribution is -0.149. The Morgan fingerprint density at radius 1 is 1.25 bits per heavy atom. The Labute approximate surface area is 164 Å². The number of hydrogen-bond donors (Lipinski definition) is 0. The predicted octanol–water partition coefficient (Wildman–Crippen LogP) is 3.67. The van der Waals surface area contributed by atoms with Gasteiger partial charge in [-0.3, -0.25) is 19.3 Å². The molecule has 2 rings (SSSR count). The van der Waals surface area contributed by atoms with Crippen molar-refractivity contribution in [3.63, 3.8) is 0 Å². The molecule has 0 atom stereocenters. The first-order valence-electron chi connectivity index (χ1n) is 8.37. The van der Waals surface area contributed by atoms with Gasteiger partial charge in [-0.15, -0.1) is 0 Å². The molecule has 0 unspecified atom stereocenters. The van der Waals surface area contributed by atoms with Crippen LogP contribution in [-0.2, 0) is 14.3 Å². The number of carbonyl (C=O) groups is 3. The second-order valence-corrected chi connectivity index (χ2v) is 6.82. The number of esters is 1. The summed E-state index contributed by atoms with van der Waals surface area (Å²) in [6.45, 7) is 1.72. The van der Waals surface area contributed by atoms with Crippen molar-refractivity contribution in [1.82, 2.24) is 4.90 Å². The third-order valence-corrected chi connectivity index (χ3v) is 4.22. The lowest BCUT2D eigenvalue weighted by atomic mass is 10.2. The monoisotopic (exact) mass is 415 g/mol. The minimum absolute atomic E-state index is 0.0799. The first-order chi connectivity index (χ1) is 13.2. The molecular weight excluding hydrogens is 396 g/mol. The fourth-order valence-electron chi connectivity index (χ4n) is 2.29. The van der Waals surface area contributed by atoms with Gasteiger partial charge in [-0.25, -0.2) is 0 Å². The molecule has 7 nitrogen and oxygen atoms in total. The average molecular weight is 415 g/mol. The lowest BCUT2D eigenvalue weighted by Crippen LogP contribution is -2.35. The fraction of sp³-hybridized carbons (Fsp3) is 0.389. The normalized spacial score (nSPS) is 15.7. The highest BCUT2D eigenvalue weighted by Gasteiger charge is 2.36. The molecule has 1 aliphatic rings. The van der Waals surface area contributed by atoms with E-state index in [1.54, 1.807) is 20.8 Å². The first kappa shape index (κ1) is 21.7. The maximum Gasteiger partial charge on any atom is 0.387 e. The highest BCUT2D eigenvalue weighted by molar-refractivity contribution is 8.18. The second kappa shape index (κ2) is 9.54. The summed E-state index contributed by atoms with van der Waals surface area (Å²) in [5.74, 6) is -1.39. The molecule has 2 amide bonds. The van der Waals surface area contributed by atoms with E-state index in [9.17, 15) is 23.2 Å². The number of imide groups is 1. The van der Waals surface area contributed by atoms with Crippen LogP contribution in [0.4, 0.5) is 13.6 Å². The fourth-order valence-corrected chi connectivity index (χ4v) is 3.13. The SMILES string of the molecule is CCOc1cc(/C=C2\SC(=O)N(CC(=O)OC(C)C)C2=O)ccc1OC(F)F.